The van der Waals surface area contributed by atoms with Gasteiger partial charge in [0, 0.05) is 44.6 Å². The van der Waals surface area contributed by atoms with Crippen LogP contribution in [0.15, 0.2) is 18.6 Å². The van der Waals surface area contributed by atoms with Gasteiger partial charge in [0.25, 0.3) is 0 Å². The van der Waals surface area contributed by atoms with Gasteiger partial charge in [-0.1, -0.05) is 0 Å². The molecule has 0 amide bonds. The molecule has 6 heteroatoms. The number of fused-ring (bicyclic) bond motifs is 2. The van der Waals surface area contributed by atoms with Crippen molar-refractivity contribution in [2.24, 2.45) is 0 Å². The first kappa shape index (κ1) is 14.6. The molecular weight excluding hydrogens is 288 g/mol. The number of aromatic nitrogens is 4. The van der Waals surface area contributed by atoms with Crippen molar-refractivity contribution in [2.45, 2.75) is 37.6 Å². The molecule has 122 valence electrons. The van der Waals surface area contributed by atoms with Gasteiger partial charge in [-0.2, -0.15) is 0 Å². The third-order valence-electron chi connectivity index (χ3n) is 5.21. The molecule has 2 aromatic heterocycles. The van der Waals surface area contributed by atoms with E-state index in [1.54, 1.807) is 0 Å². The number of hydrogen-bond acceptors (Lipinski definition) is 5. The van der Waals surface area contributed by atoms with E-state index in [1.807, 2.05) is 37.6 Å². The van der Waals surface area contributed by atoms with Crippen molar-refractivity contribution >= 4 is 5.95 Å². The standard InChI is InChI=1S/C17H24N6/c1-22(2)16-20-10-13-4-6-17(15(13)21-16)5-3-9-23(12-17)11-14-18-7-8-19-14/h7-8,10H,3-6,9,11-12H2,1-2H3,(H,18,19). The number of nitrogens with one attached hydrogen (secondary N) is 1. The molecule has 23 heavy (non-hydrogen) atoms. The fourth-order valence-electron chi connectivity index (χ4n) is 4.10. The largest absolute Gasteiger partial charge is 0.348 e. The van der Waals surface area contributed by atoms with Gasteiger partial charge in [0.15, 0.2) is 0 Å². The van der Waals surface area contributed by atoms with E-state index >= 15 is 0 Å². The van der Waals surface area contributed by atoms with Gasteiger partial charge < -0.3 is 9.88 Å². The first-order valence-corrected chi connectivity index (χ1v) is 8.41. The Bertz CT molecular complexity index is 676. The van der Waals surface area contributed by atoms with E-state index in [4.69, 9.17) is 4.98 Å². The lowest BCUT2D eigenvalue weighted by atomic mass is 9.77. The molecule has 4 rings (SSSR count). The number of piperidine rings is 1. The maximum atomic E-state index is 4.93. The van der Waals surface area contributed by atoms with Gasteiger partial charge in [0.2, 0.25) is 5.95 Å². The second-order valence-corrected chi connectivity index (χ2v) is 7.07. The van der Waals surface area contributed by atoms with Crippen LogP contribution in [0.4, 0.5) is 5.95 Å². The molecule has 2 aromatic rings. The molecule has 1 aliphatic carbocycles. The Morgan fingerprint density at radius 1 is 1.30 bits per heavy atom. The van der Waals surface area contributed by atoms with Crippen LogP contribution >= 0.6 is 0 Å². The van der Waals surface area contributed by atoms with Gasteiger partial charge in [0.1, 0.15) is 5.82 Å². The first-order valence-electron chi connectivity index (χ1n) is 8.41. The molecule has 0 aromatic carbocycles. The average Bonchev–Trinajstić information content (AvgIpc) is 3.17. The summed E-state index contributed by atoms with van der Waals surface area (Å²) >= 11 is 0. The number of anilines is 1. The highest BCUT2D eigenvalue weighted by atomic mass is 15.2. The Morgan fingerprint density at radius 3 is 3.00 bits per heavy atom. The van der Waals surface area contributed by atoms with E-state index in [1.165, 1.54) is 30.5 Å². The SMILES string of the molecule is CN(C)c1ncc2c(n1)C1(CCCN(Cc3ncc[nH]3)C1)CC2. The quantitative estimate of drug-likeness (QED) is 0.935. The zero-order valence-electron chi connectivity index (χ0n) is 13.9. The van der Waals surface area contributed by atoms with Crippen molar-refractivity contribution in [3.8, 4) is 0 Å². The summed E-state index contributed by atoms with van der Waals surface area (Å²) in [5.41, 5.74) is 2.84. The maximum absolute atomic E-state index is 4.93. The highest BCUT2D eigenvalue weighted by Crippen LogP contribution is 2.44. The molecule has 1 spiro atoms. The predicted octanol–water partition coefficient (Wildman–Crippen LogP) is 1.75. The Balaban J connectivity index is 1.61. The number of aryl methyl sites for hydroxylation is 1. The first-order chi connectivity index (χ1) is 11.2. The van der Waals surface area contributed by atoms with Crippen LogP contribution in [0, 0.1) is 0 Å². The number of likely N-dealkylation sites (tertiary alicyclic amines) is 1. The third-order valence-corrected chi connectivity index (χ3v) is 5.21. The average molecular weight is 312 g/mol. The van der Waals surface area contributed by atoms with Gasteiger partial charge in [-0.3, -0.25) is 4.90 Å². The van der Waals surface area contributed by atoms with Crippen LogP contribution in [0.2, 0.25) is 0 Å². The minimum Gasteiger partial charge on any atom is -0.348 e. The van der Waals surface area contributed by atoms with Gasteiger partial charge >= 0.3 is 0 Å². The fraction of sp³-hybridized carbons (Fsp3) is 0.588. The van der Waals surface area contributed by atoms with E-state index in [2.05, 4.69) is 19.9 Å². The molecule has 1 N–H and O–H groups in total. The van der Waals surface area contributed by atoms with Crippen molar-refractivity contribution in [2.75, 3.05) is 32.1 Å². The van der Waals surface area contributed by atoms with E-state index in [-0.39, 0.29) is 5.41 Å². The Kier molecular flexibility index (Phi) is 3.56. The summed E-state index contributed by atoms with van der Waals surface area (Å²) in [4.78, 5) is 21.5. The van der Waals surface area contributed by atoms with Gasteiger partial charge in [-0.15, -0.1) is 0 Å². The lowest BCUT2D eigenvalue weighted by Gasteiger charge is -2.40. The zero-order chi connectivity index (χ0) is 15.9. The summed E-state index contributed by atoms with van der Waals surface area (Å²) in [5.74, 6) is 1.88. The predicted molar refractivity (Wildman–Crippen MR) is 89.5 cm³/mol. The number of nitrogens with zero attached hydrogens (tertiary/aromatic N) is 5. The zero-order valence-corrected chi connectivity index (χ0v) is 13.9. The Labute approximate surface area is 137 Å². The normalized spacial score (nSPS) is 24.1. The van der Waals surface area contributed by atoms with E-state index < -0.39 is 0 Å². The molecule has 0 radical (unpaired) electrons. The summed E-state index contributed by atoms with van der Waals surface area (Å²) in [6.45, 7) is 3.11. The number of hydrogen-bond donors (Lipinski definition) is 1. The van der Waals surface area contributed by atoms with Crippen LogP contribution in [0.25, 0.3) is 0 Å². The fourth-order valence-corrected chi connectivity index (χ4v) is 4.10. The molecule has 1 atom stereocenters. The molecule has 3 heterocycles. The van der Waals surface area contributed by atoms with Crippen molar-refractivity contribution in [1.82, 2.24) is 24.8 Å². The number of aromatic amines is 1. The molecule has 6 nitrogen and oxygen atoms in total. The maximum Gasteiger partial charge on any atom is 0.225 e. The second-order valence-electron chi connectivity index (χ2n) is 7.07. The van der Waals surface area contributed by atoms with Crippen LogP contribution in [-0.2, 0) is 18.4 Å². The van der Waals surface area contributed by atoms with E-state index in [9.17, 15) is 0 Å². The summed E-state index contributed by atoms with van der Waals surface area (Å²) < 4.78 is 0. The molecule has 1 saturated heterocycles. The van der Waals surface area contributed by atoms with Crippen molar-refractivity contribution in [3.63, 3.8) is 0 Å². The Hall–Kier alpha value is -1.95. The molecule has 0 saturated carbocycles. The van der Waals surface area contributed by atoms with Gasteiger partial charge in [0.05, 0.1) is 12.2 Å². The summed E-state index contributed by atoms with van der Waals surface area (Å²) in [5, 5.41) is 0. The van der Waals surface area contributed by atoms with Crippen molar-refractivity contribution in [3.05, 3.63) is 35.7 Å². The lowest BCUT2D eigenvalue weighted by Crippen LogP contribution is -2.45. The smallest absolute Gasteiger partial charge is 0.225 e. The minimum absolute atomic E-state index is 0.202. The lowest BCUT2D eigenvalue weighted by molar-refractivity contribution is 0.134. The molecule has 1 unspecified atom stereocenters. The summed E-state index contributed by atoms with van der Waals surface area (Å²) in [6.07, 6.45) is 10.5. The van der Waals surface area contributed by atoms with Crippen LogP contribution in [0.5, 0.6) is 0 Å². The van der Waals surface area contributed by atoms with Crippen molar-refractivity contribution < 1.29 is 0 Å². The summed E-state index contributed by atoms with van der Waals surface area (Å²) in [7, 11) is 4.01. The molecule has 0 bridgehead atoms. The monoisotopic (exact) mass is 312 g/mol. The van der Waals surface area contributed by atoms with Gasteiger partial charge in [-0.25, -0.2) is 15.0 Å². The minimum atomic E-state index is 0.202. The number of rotatable bonds is 3. The Morgan fingerprint density at radius 2 is 2.22 bits per heavy atom. The van der Waals surface area contributed by atoms with Crippen LogP contribution in [0.3, 0.4) is 0 Å². The van der Waals surface area contributed by atoms with Crippen LogP contribution in [-0.4, -0.2) is 52.0 Å². The number of H-pyrrole nitrogens is 1. The third kappa shape index (κ3) is 2.61. The van der Waals surface area contributed by atoms with E-state index in [0.717, 1.165) is 37.8 Å². The molecule has 2 aliphatic rings. The second kappa shape index (κ2) is 5.60. The van der Waals surface area contributed by atoms with Crippen LogP contribution in [0.1, 0.15) is 36.3 Å². The summed E-state index contributed by atoms with van der Waals surface area (Å²) in [6, 6.07) is 0. The number of imidazole rings is 1. The topological polar surface area (TPSA) is 60.9 Å². The molecule has 1 aliphatic heterocycles. The van der Waals surface area contributed by atoms with Crippen LogP contribution < -0.4 is 4.90 Å². The molecule has 1 fully saturated rings. The highest BCUT2D eigenvalue weighted by Gasteiger charge is 2.43. The van der Waals surface area contributed by atoms with Gasteiger partial charge in [-0.05, 0) is 37.8 Å². The molecular formula is C17H24N6. The van der Waals surface area contributed by atoms with Crippen molar-refractivity contribution in [1.29, 1.82) is 0 Å². The highest BCUT2D eigenvalue weighted by molar-refractivity contribution is 5.39. The van der Waals surface area contributed by atoms with E-state index in [0.29, 0.717) is 0 Å².